The highest BCUT2D eigenvalue weighted by atomic mass is 35.5. The van der Waals surface area contributed by atoms with E-state index in [1.54, 1.807) is 41.6 Å². The van der Waals surface area contributed by atoms with Gasteiger partial charge in [-0.25, -0.2) is 0 Å². The van der Waals surface area contributed by atoms with Crippen LogP contribution in [0.3, 0.4) is 0 Å². The van der Waals surface area contributed by atoms with E-state index in [4.69, 9.17) is 23.2 Å². The number of nitrogens with zero attached hydrogens (tertiary/aromatic N) is 2. The maximum atomic E-state index is 12.5. The summed E-state index contributed by atoms with van der Waals surface area (Å²) in [5.74, 6) is -0.131. The van der Waals surface area contributed by atoms with Gasteiger partial charge in [-0.15, -0.1) is 0 Å². The first-order valence-electron chi connectivity index (χ1n) is 7.39. The lowest BCUT2D eigenvalue weighted by atomic mass is 9.87. The number of aliphatic hydroxyl groups excluding tert-OH is 1. The van der Waals surface area contributed by atoms with Gasteiger partial charge in [0.25, 0.3) is 0 Å². The van der Waals surface area contributed by atoms with E-state index in [-0.39, 0.29) is 18.2 Å². The fourth-order valence-corrected chi connectivity index (χ4v) is 3.17. The molecule has 120 valence electrons. The largest absolute Gasteiger partial charge is 0.388 e. The summed E-state index contributed by atoms with van der Waals surface area (Å²) < 4.78 is 0. The van der Waals surface area contributed by atoms with Gasteiger partial charge in [0, 0.05) is 31.0 Å². The predicted octanol–water partition coefficient (Wildman–Crippen LogP) is 3.87. The summed E-state index contributed by atoms with van der Waals surface area (Å²) in [5, 5.41) is 11.3. The smallest absolute Gasteiger partial charge is 0.227 e. The Balaban J connectivity index is 1.72. The Hall–Kier alpha value is -1.62. The molecule has 23 heavy (non-hydrogen) atoms. The van der Waals surface area contributed by atoms with Crippen LogP contribution in [0.1, 0.15) is 24.5 Å². The molecular weight excluding hydrogens is 335 g/mol. The average Bonchev–Trinajstić information content (AvgIpc) is 2.57. The van der Waals surface area contributed by atoms with Crippen molar-refractivity contribution >= 4 is 34.8 Å². The third-order valence-corrected chi connectivity index (χ3v) is 4.89. The molecule has 1 N–H and O–H groups in total. The molecule has 2 atom stereocenters. The van der Waals surface area contributed by atoms with Crippen LogP contribution in [0.2, 0.25) is 10.0 Å². The summed E-state index contributed by atoms with van der Waals surface area (Å²) >= 11 is 11.9. The summed E-state index contributed by atoms with van der Waals surface area (Å²) in [6.07, 6.45) is 3.62. The minimum atomic E-state index is -0.677. The van der Waals surface area contributed by atoms with E-state index in [1.807, 2.05) is 6.07 Å². The van der Waals surface area contributed by atoms with Gasteiger partial charge in [-0.05, 0) is 42.2 Å². The molecule has 0 spiro atoms. The Labute approximate surface area is 144 Å². The fourth-order valence-electron chi connectivity index (χ4n) is 2.87. The highest BCUT2D eigenvalue weighted by molar-refractivity contribution is 6.42. The van der Waals surface area contributed by atoms with Crippen molar-refractivity contribution in [2.24, 2.45) is 5.92 Å². The number of anilines is 1. The monoisotopic (exact) mass is 350 g/mol. The zero-order valence-electron chi connectivity index (χ0n) is 12.3. The maximum Gasteiger partial charge on any atom is 0.227 e. The Morgan fingerprint density at radius 1 is 1.26 bits per heavy atom. The summed E-state index contributed by atoms with van der Waals surface area (Å²) in [6, 6.07) is 8.77. The summed E-state index contributed by atoms with van der Waals surface area (Å²) in [4.78, 5) is 18.2. The van der Waals surface area contributed by atoms with Gasteiger partial charge in [0.15, 0.2) is 0 Å². The molecule has 4 nitrogen and oxygen atoms in total. The first kappa shape index (κ1) is 16.2. The molecule has 2 unspecified atom stereocenters. The van der Waals surface area contributed by atoms with Crippen LogP contribution in [0.25, 0.3) is 0 Å². The van der Waals surface area contributed by atoms with Crippen LogP contribution in [0.4, 0.5) is 5.69 Å². The maximum absolute atomic E-state index is 12.5. The number of piperidine rings is 1. The fraction of sp³-hybridized carbons (Fsp3) is 0.294. The molecule has 1 aromatic carbocycles. The topological polar surface area (TPSA) is 53.4 Å². The predicted molar refractivity (Wildman–Crippen MR) is 90.7 cm³/mol. The van der Waals surface area contributed by atoms with E-state index in [2.05, 4.69) is 4.98 Å². The van der Waals surface area contributed by atoms with Crippen LogP contribution in [-0.4, -0.2) is 22.5 Å². The summed E-state index contributed by atoms with van der Waals surface area (Å²) in [6.45, 7) is 0.540. The molecule has 1 amide bonds. The van der Waals surface area contributed by atoms with E-state index in [9.17, 15) is 9.90 Å². The lowest BCUT2D eigenvalue weighted by molar-refractivity contribution is -0.122. The Morgan fingerprint density at radius 2 is 2.09 bits per heavy atom. The first-order chi connectivity index (χ1) is 11.1. The zero-order chi connectivity index (χ0) is 16.4. The number of benzene rings is 1. The van der Waals surface area contributed by atoms with Gasteiger partial charge in [0.2, 0.25) is 5.91 Å². The lowest BCUT2D eigenvalue weighted by Crippen LogP contribution is -2.40. The van der Waals surface area contributed by atoms with Crippen LogP contribution in [0, 0.1) is 5.92 Å². The lowest BCUT2D eigenvalue weighted by Gasteiger charge is -2.34. The van der Waals surface area contributed by atoms with Crippen molar-refractivity contribution in [3.05, 3.63) is 58.3 Å². The molecule has 0 bridgehead atoms. The number of aromatic nitrogens is 1. The molecule has 3 rings (SSSR count). The molecule has 2 heterocycles. The van der Waals surface area contributed by atoms with Gasteiger partial charge in [-0.2, -0.15) is 0 Å². The molecule has 2 aromatic rings. The van der Waals surface area contributed by atoms with Crippen molar-refractivity contribution in [1.82, 2.24) is 4.98 Å². The van der Waals surface area contributed by atoms with Crippen molar-refractivity contribution in [3.63, 3.8) is 0 Å². The van der Waals surface area contributed by atoms with Crippen molar-refractivity contribution in [2.75, 3.05) is 11.4 Å². The Kier molecular flexibility index (Phi) is 4.85. The molecule has 1 aliphatic heterocycles. The van der Waals surface area contributed by atoms with Crippen molar-refractivity contribution in [1.29, 1.82) is 0 Å². The van der Waals surface area contributed by atoms with Gasteiger partial charge in [-0.1, -0.05) is 29.3 Å². The quantitative estimate of drug-likeness (QED) is 0.914. The standard InChI is InChI=1S/C17H16Cl2N2O2/c18-14-4-3-13(9-15(14)19)21-7-5-11(8-16(21)22)17(23)12-2-1-6-20-10-12/h1-4,6,9-11,17,23H,5,7-8H2. The average molecular weight is 351 g/mol. The number of amides is 1. The van der Waals surface area contributed by atoms with Crippen LogP contribution < -0.4 is 4.90 Å². The molecule has 1 aromatic heterocycles. The minimum Gasteiger partial charge on any atom is -0.388 e. The zero-order valence-corrected chi connectivity index (χ0v) is 13.8. The third-order valence-electron chi connectivity index (χ3n) is 4.15. The number of carbonyl (C=O) groups excluding carboxylic acids is 1. The van der Waals surface area contributed by atoms with Gasteiger partial charge >= 0.3 is 0 Å². The summed E-state index contributed by atoms with van der Waals surface area (Å²) in [7, 11) is 0. The van der Waals surface area contributed by atoms with E-state index >= 15 is 0 Å². The van der Waals surface area contributed by atoms with Gasteiger partial charge in [-0.3, -0.25) is 9.78 Å². The second kappa shape index (κ2) is 6.87. The number of halogens is 2. The molecule has 1 saturated heterocycles. The first-order valence-corrected chi connectivity index (χ1v) is 8.15. The highest BCUT2D eigenvalue weighted by Gasteiger charge is 2.32. The molecule has 1 aliphatic rings. The van der Waals surface area contributed by atoms with Gasteiger partial charge in [0.05, 0.1) is 16.1 Å². The third kappa shape index (κ3) is 3.50. The van der Waals surface area contributed by atoms with E-state index in [1.165, 1.54) is 0 Å². The van der Waals surface area contributed by atoms with Crippen LogP contribution >= 0.6 is 23.2 Å². The van der Waals surface area contributed by atoms with Crippen LogP contribution in [0.15, 0.2) is 42.7 Å². The minimum absolute atomic E-state index is 0.0254. The van der Waals surface area contributed by atoms with Gasteiger partial charge in [0.1, 0.15) is 0 Å². The van der Waals surface area contributed by atoms with Crippen LogP contribution in [-0.2, 0) is 4.79 Å². The molecule has 1 fully saturated rings. The number of hydrogen-bond donors (Lipinski definition) is 1. The van der Waals surface area contributed by atoms with Crippen molar-refractivity contribution in [2.45, 2.75) is 18.9 Å². The SMILES string of the molecule is O=C1CC(C(O)c2cccnc2)CCN1c1ccc(Cl)c(Cl)c1. The highest BCUT2D eigenvalue weighted by Crippen LogP contribution is 2.34. The number of rotatable bonds is 3. The second-order valence-corrected chi connectivity index (χ2v) is 6.44. The summed E-state index contributed by atoms with van der Waals surface area (Å²) in [5.41, 5.74) is 1.48. The van der Waals surface area contributed by atoms with E-state index < -0.39 is 6.10 Å². The van der Waals surface area contributed by atoms with E-state index in [0.29, 0.717) is 23.0 Å². The molecule has 0 saturated carbocycles. The Morgan fingerprint density at radius 3 is 2.74 bits per heavy atom. The number of pyridine rings is 1. The van der Waals surface area contributed by atoms with Gasteiger partial charge < -0.3 is 10.0 Å². The van der Waals surface area contributed by atoms with E-state index in [0.717, 1.165) is 11.3 Å². The normalized spacial score (nSPS) is 19.7. The second-order valence-electron chi connectivity index (χ2n) is 5.63. The number of aliphatic hydroxyl groups is 1. The van der Waals surface area contributed by atoms with Crippen molar-refractivity contribution < 1.29 is 9.90 Å². The number of carbonyl (C=O) groups is 1. The van der Waals surface area contributed by atoms with Crippen LogP contribution in [0.5, 0.6) is 0 Å². The molecule has 6 heteroatoms. The number of hydrogen-bond acceptors (Lipinski definition) is 3. The molecular formula is C17H16Cl2N2O2. The molecule has 0 aliphatic carbocycles. The molecule has 0 radical (unpaired) electrons. The Bertz CT molecular complexity index is 709. The van der Waals surface area contributed by atoms with Crippen molar-refractivity contribution in [3.8, 4) is 0 Å².